The first kappa shape index (κ1) is 22.9. The molecular formula is C22H24N4O6S. The van der Waals surface area contributed by atoms with Gasteiger partial charge < -0.3 is 10.1 Å². The Bertz CT molecular complexity index is 1180. The molecule has 0 radical (unpaired) electrons. The number of carbonyl (C=O) groups excluding carboxylic acids is 3. The zero-order valence-corrected chi connectivity index (χ0v) is 18.7. The van der Waals surface area contributed by atoms with E-state index in [2.05, 4.69) is 15.5 Å². The summed E-state index contributed by atoms with van der Waals surface area (Å²) >= 11 is 0. The fraction of sp³-hybridized carbons (Fsp3) is 0.318. The lowest BCUT2D eigenvalue weighted by atomic mass is 9.92. The zero-order chi connectivity index (χ0) is 23.6. The minimum atomic E-state index is -3.88. The summed E-state index contributed by atoms with van der Waals surface area (Å²) in [6, 6.07) is 13.2. The topological polar surface area (TPSA) is 134 Å². The summed E-state index contributed by atoms with van der Waals surface area (Å²) in [5.74, 6) is -1.46. The van der Waals surface area contributed by atoms with Gasteiger partial charge in [0.25, 0.3) is 11.8 Å². The monoisotopic (exact) mass is 472 g/mol. The first-order valence-electron chi connectivity index (χ1n) is 10.5. The Balaban J connectivity index is 1.47. The third-order valence-corrected chi connectivity index (χ3v) is 7.11. The van der Waals surface area contributed by atoms with E-state index in [0.717, 1.165) is 12.8 Å². The maximum atomic E-state index is 13.0. The van der Waals surface area contributed by atoms with Crippen LogP contribution in [0.1, 0.15) is 35.7 Å². The molecule has 33 heavy (non-hydrogen) atoms. The van der Waals surface area contributed by atoms with E-state index in [1.807, 2.05) is 0 Å². The van der Waals surface area contributed by atoms with Crippen LogP contribution in [0.3, 0.4) is 0 Å². The number of amides is 4. The lowest BCUT2D eigenvalue weighted by Gasteiger charge is -2.22. The Morgan fingerprint density at radius 1 is 1.18 bits per heavy atom. The van der Waals surface area contributed by atoms with Gasteiger partial charge in [-0.05, 0) is 43.5 Å². The highest BCUT2D eigenvalue weighted by atomic mass is 32.2. The van der Waals surface area contributed by atoms with E-state index in [4.69, 9.17) is 4.74 Å². The summed E-state index contributed by atoms with van der Waals surface area (Å²) in [6.45, 7) is 2.29. The van der Waals surface area contributed by atoms with Crippen LogP contribution in [-0.4, -0.2) is 50.5 Å². The van der Waals surface area contributed by atoms with Crippen molar-refractivity contribution >= 4 is 27.9 Å². The molecule has 0 saturated carbocycles. The third-order valence-electron chi connectivity index (χ3n) is 5.69. The highest BCUT2D eigenvalue weighted by Crippen LogP contribution is 2.27. The first-order chi connectivity index (χ1) is 15.7. The van der Waals surface area contributed by atoms with Gasteiger partial charge in [-0.25, -0.2) is 17.9 Å². The van der Waals surface area contributed by atoms with Crippen LogP contribution < -0.4 is 15.5 Å². The molecule has 2 fully saturated rings. The van der Waals surface area contributed by atoms with Crippen LogP contribution in [0, 0.1) is 0 Å². The van der Waals surface area contributed by atoms with Gasteiger partial charge in [0.2, 0.25) is 10.0 Å². The molecule has 2 aliphatic rings. The Hall–Kier alpha value is -3.28. The van der Waals surface area contributed by atoms with Crippen molar-refractivity contribution in [2.75, 3.05) is 13.2 Å². The second kappa shape index (κ2) is 8.93. The number of nitrogens with one attached hydrogen (secondary N) is 3. The SMILES string of the molecule is CC1(c2ccccc2)NC(=O)N(NC(=O)c2cccc(S(=O)(=O)NCC3CCCO3)c2)C1=O. The molecule has 2 aromatic rings. The number of hydrazine groups is 1. The molecule has 2 aliphatic heterocycles. The van der Waals surface area contributed by atoms with Crippen LogP contribution in [0.4, 0.5) is 4.79 Å². The second-order valence-corrected chi connectivity index (χ2v) is 9.78. The number of imide groups is 1. The predicted octanol–water partition coefficient (Wildman–Crippen LogP) is 1.26. The van der Waals surface area contributed by atoms with Crippen LogP contribution >= 0.6 is 0 Å². The molecule has 2 aromatic carbocycles. The van der Waals surface area contributed by atoms with Gasteiger partial charge in [-0.2, -0.15) is 5.01 Å². The molecule has 4 amide bonds. The van der Waals surface area contributed by atoms with E-state index >= 15 is 0 Å². The average Bonchev–Trinajstić information content (AvgIpc) is 3.41. The van der Waals surface area contributed by atoms with Crippen LogP contribution in [0.2, 0.25) is 0 Å². The molecule has 174 valence electrons. The van der Waals surface area contributed by atoms with Crippen LogP contribution in [0.5, 0.6) is 0 Å². The molecule has 2 atom stereocenters. The predicted molar refractivity (Wildman–Crippen MR) is 117 cm³/mol. The summed E-state index contributed by atoms with van der Waals surface area (Å²) in [4.78, 5) is 38.0. The number of benzene rings is 2. The molecule has 4 rings (SSSR count). The van der Waals surface area contributed by atoms with Crippen molar-refractivity contribution in [2.45, 2.75) is 36.3 Å². The maximum Gasteiger partial charge on any atom is 0.344 e. The molecule has 0 bridgehead atoms. The standard InChI is InChI=1S/C22H24N4O6S/c1-22(16-8-3-2-4-9-16)20(28)26(21(29)24-22)25-19(27)15-7-5-11-18(13-15)33(30,31)23-14-17-10-6-12-32-17/h2-5,7-9,11,13,17,23H,6,10,12,14H2,1H3,(H,24,29)(H,25,27). The number of urea groups is 1. The largest absolute Gasteiger partial charge is 0.377 e. The van der Waals surface area contributed by atoms with Gasteiger partial charge in [0.15, 0.2) is 0 Å². The third kappa shape index (κ3) is 4.61. The van der Waals surface area contributed by atoms with E-state index in [1.165, 1.54) is 24.3 Å². The summed E-state index contributed by atoms with van der Waals surface area (Å²) in [5, 5.41) is 3.19. The number of carbonyl (C=O) groups is 3. The van der Waals surface area contributed by atoms with E-state index in [0.29, 0.717) is 17.2 Å². The fourth-order valence-electron chi connectivity index (χ4n) is 3.77. The van der Waals surface area contributed by atoms with Gasteiger partial charge in [-0.15, -0.1) is 0 Å². The van der Waals surface area contributed by atoms with E-state index < -0.39 is 33.4 Å². The maximum absolute atomic E-state index is 13.0. The van der Waals surface area contributed by atoms with E-state index in [9.17, 15) is 22.8 Å². The molecule has 11 heteroatoms. The van der Waals surface area contributed by atoms with Gasteiger partial charge in [0, 0.05) is 18.7 Å². The van der Waals surface area contributed by atoms with Crippen LogP contribution in [0.25, 0.3) is 0 Å². The van der Waals surface area contributed by atoms with Crippen molar-refractivity contribution in [2.24, 2.45) is 0 Å². The fourth-order valence-corrected chi connectivity index (χ4v) is 4.88. The van der Waals surface area contributed by atoms with Gasteiger partial charge in [0.05, 0.1) is 11.0 Å². The van der Waals surface area contributed by atoms with Crippen molar-refractivity contribution in [3.05, 3.63) is 65.7 Å². The molecule has 2 unspecified atom stereocenters. The minimum absolute atomic E-state index is 0.0242. The number of sulfonamides is 1. The molecular weight excluding hydrogens is 448 g/mol. The van der Waals surface area contributed by atoms with Crippen molar-refractivity contribution in [3.8, 4) is 0 Å². The molecule has 0 aliphatic carbocycles. The van der Waals surface area contributed by atoms with Crippen molar-refractivity contribution in [1.82, 2.24) is 20.5 Å². The summed E-state index contributed by atoms with van der Waals surface area (Å²) in [6.07, 6.45) is 1.48. The molecule has 2 heterocycles. The Labute approximate surface area is 191 Å². The quantitative estimate of drug-likeness (QED) is 0.520. The Morgan fingerprint density at radius 3 is 2.64 bits per heavy atom. The Morgan fingerprint density at radius 2 is 1.94 bits per heavy atom. The summed E-state index contributed by atoms with van der Waals surface area (Å²) in [7, 11) is -3.88. The van der Waals surface area contributed by atoms with Crippen LogP contribution in [-0.2, 0) is 25.1 Å². The number of rotatable bonds is 7. The van der Waals surface area contributed by atoms with Gasteiger partial charge in [-0.3, -0.25) is 15.0 Å². The molecule has 3 N–H and O–H groups in total. The number of ether oxygens (including phenoxy) is 1. The second-order valence-electron chi connectivity index (χ2n) is 8.02. The molecule has 0 spiro atoms. The first-order valence-corrected chi connectivity index (χ1v) is 11.9. The van der Waals surface area contributed by atoms with Gasteiger partial charge >= 0.3 is 6.03 Å². The normalized spacial score (nSPS) is 22.9. The zero-order valence-electron chi connectivity index (χ0n) is 17.9. The van der Waals surface area contributed by atoms with Crippen molar-refractivity contribution in [3.63, 3.8) is 0 Å². The molecule has 2 saturated heterocycles. The highest BCUT2D eigenvalue weighted by Gasteiger charge is 2.50. The number of hydrogen-bond donors (Lipinski definition) is 3. The van der Waals surface area contributed by atoms with Crippen molar-refractivity contribution < 1.29 is 27.5 Å². The Kier molecular flexibility index (Phi) is 6.19. The molecule has 0 aromatic heterocycles. The van der Waals surface area contributed by atoms with E-state index in [1.54, 1.807) is 37.3 Å². The van der Waals surface area contributed by atoms with Gasteiger partial charge in [-0.1, -0.05) is 36.4 Å². The lowest BCUT2D eigenvalue weighted by molar-refractivity contribution is -0.132. The van der Waals surface area contributed by atoms with E-state index in [-0.39, 0.29) is 23.1 Å². The summed E-state index contributed by atoms with van der Waals surface area (Å²) in [5.41, 5.74) is 1.46. The van der Waals surface area contributed by atoms with Gasteiger partial charge in [0.1, 0.15) is 5.54 Å². The lowest BCUT2D eigenvalue weighted by Crippen LogP contribution is -2.48. The number of hydrogen-bond acceptors (Lipinski definition) is 6. The molecule has 10 nitrogen and oxygen atoms in total. The number of nitrogens with zero attached hydrogens (tertiary/aromatic N) is 1. The smallest absolute Gasteiger partial charge is 0.344 e. The summed E-state index contributed by atoms with van der Waals surface area (Å²) < 4.78 is 33.2. The average molecular weight is 473 g/mol. The highest BCUT2D eigenvalue weighted by molar-refractivity contribution is 7.89. The van der Waals surface area contributed by atoms with Crippen molar-refractivity contribution in [1.29, 1.82) is 0 Å². The van der Waals surface area contributed by atoms with Crippen LogP contribution in [0.15, 0.2) is 59.5 Å². The minimum Gasteiger partial charge on any atom is -0.377 e.